The smallest absolute Gasteiger partial charge is 0.263 e. The van der Waals surface area contributed by atoms with Crippen molar-refractivity contribution < 1.29 is 4.42 Å². The Labute approximate surface area is 183 Å². The predicted octanol–water partition coefficient (Wildman–Crippen LogP) is 7.90. The molecule has 3 aromatic carbocycles. The van der Waals surface area contributed by atoms with Gasteiger partial charge >= 0.3 is 0 Å². The van der Waals surface area contributed by atoms with Crippen LogP contribution in [0.5, 0.6) is 0 Å². The number of nitrogens with zero attached hydrogens (tertiary/aromatic N) is 3. The molecule has 5 rings (SSSR count). The minimum atomic E-state index is 0.0665. The van der Waals surface area contributed by atoms with Crippen molar-refractivity contribution in [3.63, 3.8) is 0 Å². The number of nitriles is 1. The van der Waals surface area contributed by atoms with Crippen molar-refractivity contribution in [3.05, 3.63) is 107 Å². The number of hydrogen-bond acceptors (Lipinski definition) is 4. The Bertz CT molecular complexity index is 1440. The molecule has 0 unspecified atom stereocenters. The van der Waals surface area contributed by atoms with Gasteiger partial charge in [0.2, 0.25) is 0 Å². The molecule has 0 spiro atoms. The third-order valence-electron chi connectivity index (χ3n) is 4.95. The molecule has 0 fully saturated rings. The van der Waals surface area contributed by atoms with Crippen molar-refractivity contribution >= 4 is 55.7 Å². The highest BCUT2D eigenvalue weighted by atomic mass is 32.1. The van der Waals surface area contributed by atoms with E-state index in [-0.39, 0.29) is 5.70 Å². The van der Waals surface area contributed by atoms with Gasteiger partial charge in [0.1, 0.15) is 11.2 Å². The molecule has 0 bridgehead atoms. The van der Waals surface area contributed by atoms with Gasteiger partial charge in [-0.15, -0.1) is 11.3 Å². The Morgan fingerprint density at radius 3 is 2.19 bits per heavy atom. The van der Waals surface area contributed by atoms with E-state index in [4.69, 9.17) is 16.3 Å². The summed E-state index contributed by atoms with van der Waals surface area (Å²) in [6.45, 7) is 7.05. The summed E-state index contributed by atoms with van der Waals surface area (Å²) in [5, 5.41) is 10.0. The Morgan fingerprint density at radius 2 is 1.58 bits per heavy atom. The van der Waals surface area contributed by atoms with E-state index in [1.807, 2.05) is 48.5 Å². The topological polar surface area (TPSA) is 44.5 Å². The average molecular weight is 417 g/mol. The van der Waals surface area contributed by atoms with E-state index in [2.05, 4.69) is 52.2 Å². The zero-order chi connectivity index (χ0) is 21.2. The molecule has 31 heavy (non-hydrogen) atoms. The normalized spacial score (nSPS) is 11.4. The number of benzene rings is 3. The van der Waals surface area contributed by atoms with Crippen molar-refractivity contribution in [3.8, 4) is 6.07 Å². The van der Waals surface area contributed by atoms with Crippen molar-refractivity contribution in [2.45, 2.75) is 0 Å². The standard InChI is InChI=1S/C26H15N3OS/c1-28-18(17-27)14-22-16-25-26(31-22)23-13-12-21(15-24(23)30-25)29(19-8-4-2-5-9-19)20-10-6-3-7-11-20/h2-16H/b18-14-. The Hall–Kier alpha value is -4.32. The summed E-state index contributed by atoms with van der Waals surface area (Å²) in [5.41, 5.74) is 4.77. The molecule has 4 nitrogen and oxygen atoms in total. The number of hydrogen-bond donors (Lipinski definition) is 0. The van der Waals surface area contributed by atoms with E-state index < -0.39 is 0 Å². The third-order valence-corrected chi connectivity index (χ3v) is 6.04. The number of rotatable bonds is 4. The molecule has 0 aliphatic carbocycles. The zero-order valence-electron chi connectivity index (χ0n) is 16.3. The van der Waals surface area contributed by atoms with Crippen molar-refractivity contribution in [1.82, 2.24) is 0 Å². The van der Waals surface area contributed by atoms with E-state index in [1.54, 1.807) is 6.08 Å². The Morgan fingerprint density at radius 1 is 0.903 bits per heavy atom. The highest BCUT2D eigenvalue weighted by Crippen LogP contribution is 2.40. The van der Waals surface area contributed by atoms with Gasteiger partial charge in [0, 0.05) is 33.4 Å². The molecule has 0 atom stereocenters. The van der Waals surface area contributed by atoms with Crippen molar-refractivity contribution in [2.24, 2.45) is 0 Å². The van der Waals surface area contributed by atoms with Gasteiger partial charge in [-0.1, -0.05) is 36.4 Å². The maximum atomic E-state index is 9.00. The molecule has 0 saturated heterocycles. The first kappa shape index (κ1) is 18.7. The molecule has 0 aliphatic heterocycles. The van der Waals surface area contributed by atoms with Crippen LogP contribution in [0.15, 0.2) is 95.0 Å². The second kappa shape index (κ2) is 7.84. The molecule has 2 heterocycles. The van der Waals surface area contributed by atoms with Gasteiger partial charge < -0.3 is 9.32 Å². The summed E-state index contributed by atoms with van der Waals surface area (Å²) in [6.07, 6.45) is 1.60. The minimum Gasteiger partial charge on any atom is -0.455 e. The lowest BCUT2D eigenvalue weighted by atomic mass is 10.1. The molecular weight excluding hydrogens is 402 g/mol. The first-order valence-corrected chi connectivity index (χ1v) is 10.4. The third kappa shape index (κ3) is 3.44. The van der Waals surface area contributed by atoms with Crippen LogP contribution in [0.3, 0.4) is 0 Å². The molecule has 146 valence electrons. The zero-order valence-corrected chi connectivity index (χ0v) is 17.1. The summed E-state index contributed by atoms with van der Waals surface area (Å²) in [6, 6.07) is 30.5. The minimum absolute atomic E-state index is 0.0665. The van der Waals surface area contributed by atoms with E-state index in [0.717, 1.165) is 43.2 Å². The Kier molecular flexibility index (Phi) is 4.72. The van der Waals surface area contributed by atoms with Gasteiger partial charge in [0.15, 0.2) is 0 Å². The largest absolute Gasteiger partial charge is 0.455 e. The summed E-state index contributed by atoms with van der Waals surface area (Å²) in [4.78, 5) is 6.26. The molecule has 5 heteroatoms. The van der Waals surface area contributed by atoms with E-state index >= 15 is 0 Å². The van der Waals surface area contributed by atoms with Crippen LogP contribution in [0.2, 0.25) is 0 Å². The molecule has 0 saturated carbocycles. The monoisotopic (exact) mass is 417 g/mol. The fourth-order valence-corrected chi connectivity index (χ4v) is 4.65. The number of allylic oxidation sites excluding steroid dienone is 1. The van der Waals surface area contributed by atoms with Crippen LogP contribution in [0.4, 0.5) is 17.1 Å². The molecule has 0 radical (unpaired) electrons. The molecule has 0 N–H and O–H groups in total. The lowest BCUT2D eigenvalue weighted by Gasteiger charge is -2.25. The molecule has 0 aliphatic rings. The van der Waals surface area contributed by atoms with Gasteiger partial charge in [-0.25, -0.2) is 10.1 Å². The van der Waals surface area contributed by atoms with Crippen LogP contribution in [-0.4, -0.2) is 0 Å². The number of fused-ring (bicyclic) bond motifs is 3. The van der Waals surface area contributed by atoms with Crippen LogP contribution in [0.1, 0.15) is 4.88 Å². The maximum absolute atomic E-state index is 9.00. The van der Waals surface area contributed by atoms with Gasteiger partial charge in [-0.05, 0) is 48.5 Å². The average Bonchev–Trinajstić information content (AvgIpc) is 3.36. The van der Waals surface area contributed by atoms with Crippen LogP contribution in [0, 0.1) is 17.9 Å². The van der Waals surface area contributed by atoms with Crippen LogP contribution in [-0.2, 0) is 0 Å². The first-order chi connectivity index (χ1) is 15.3. The van der Waals surface area contributed by atoms with Crippen LogP contribution >= 0.6 is 11.3 Å². The van der Waals surface area contributed by atoms with E-state index in [1.165, 1.54) is 11.3 Å². The van der Waals surface area contributed by atoms with E-state index in [9.17, 15) is 0 Å². The van der Waals surface area contributed by atoms with Gasteiger partial charge in [-0.3, -0.25) is 0 Å². The fraction of sp³-hybridized carbons (Fsp3) is 0. The highest BCUT2D eigenvalue weighted by molar-refractivity contribution is 7.20. The van der Waals surface area contributed by atoms with Crippen LogP contribution < -0.4 is 4.90 Å². The quantitative estimate of drug-likeness (QED) is 0.220. The number of furan rings is 1. The van der Waals surface area contributed by atoms with Gasteiger partial charge in [0.05, 0.1) is 17.3 Å². The summed E-state index contributed by atoms with van der Waals surface area (Å²) < 4.78 is 7.15. The summed E-state index contributed by atoms with van der Waals surface area (Å²) in [5.74, 6) is 0. The maximum Gasteiger partial charge on any atom is 0.263 e. The SMILES string of the molecule is [C-]#[N+]/C(C#N)=C\c1cc2oc3cc(N(c4ccccc4)c4ccccc4)ccc3c2s1. The fourth-order valence-electron chi connectivity index (χ4n) is 3.59. The lowest BCUT2D eigenvalue weighted by Crippen LogP contribution is -2.09. The molecular formula is C26H15N3OS. The van der Waals surface area contributed by atoms with Gasteiger partial charge in [0.25, 0.3) is 5.70 Å². The first-order valence-electron chi connectivity index (χ1n) is 9.62. The van der Waals surface area contributed by atoms with Crippen LogP contribution in [0.25, 0.3) is 32.2 Å². The second-order valence-electron chi connectivity index (χ2n) is 6.88. The summed E-state index contributed by atoms with van der Waals surface area (Å²) >= 11 is 1.52. The predicted molar refractivity (Wildman–Crippen MR) is 126 cm³/mol. The Balaban J connectivity index is 1.62. The molecule has 0 amide bonds. The number of thiophene rings is 1. The number of para-hydroxylation sites is 2. The molecule has 2 aromatic heterocycles. The molecule has 5 aromatic rings. The summed E-state index contributed by atoms with van der Waals surface area (Å²) in [7, 11) is 0. The van der Waals surface area contributed by atoms with Crippen molar-refractivity contribution in [1.29, 1.82) is 5.26 Å². The van der Waals surface area contributed by atoms with Crippen molar-refractivity contribution in [2.75, 3.05) is 4.90 Å². The lowest BCUT2D eigenvalue weighted by molar-refractivity contribution is 0.670. The number of anilines is 3. The highest BCUT2D eigenvalue weighted by Gasteiger charge is 2.16. The van der Waals surface area contributed by atoms with E-state index in [0.29, 0.717) is 0 Å². The second-order valence-corrected chi connectivity index (χ2v) is 7.97. The van der Waals surface area contributed by atoms with Gasteiger partial charge in [-0.2, -0.15) is 0 Å².